The largest absolute Gasteiger partial charge is 0.384 e. The quantitative estimate of drug-likeness (QED) is 0.621. The maximum Gasteiger partial charge on any atom is 0.108 e. The molecule has 0 saturated heterocycles. The molecule has 0 aliphatic heterocycles. The second-order valence-corrected chi connectivity index (χ2v) is 6.18. The van der Waals surface area contributed by atoms with Crippen LogP contribution in [0.4, 0.5) is 0 Å². The summed E-state index contributed by atoms with van der Waals surface area (Å²) < 4.78 is 0. The standard InChI is InChI=1S/C17H12Cl3NO/c18-11-3-1-10(2-4-11)14-8-21-9-15(14)17(22)13-6-5-12(19)7-16(13)20/h1-9,17,21-22H/t17-/m0/s1. The summed E-state index contributed by atoms with van der Waals surface area (Å²) in [5.41, 5.74) is 3.22. The first-order valence-electron chi connectivity index (χ1n) is 6.62. The summed E-state index contributed by atoms with van der Waals surface area (Å²) in [6.45, 7) is 0. The van der Waals surface area contributed by atoms with Gasteiger partial charge in [-0.25, -0.2) is 0 Å². The van der Waals surface area contributed by atoms with Crippen LogP contribution in [0.5, 0.6) is 0 Å². The third kappa shape index (κ3) is 3.01. The Balaban J connectivity index is 2.02. The number of halogens is 3. The van der Waals surface area contributed by atoms with Gasteiger partial charge in [-0.15, -0.1) is 0 Å². The lowest BCUT2D eigenvalue weighted by atomic mass is 9.97. The maximum atomic E-state index is 10.7. The fourth-order valence-electron chi connectivity index (χ4n) is 2.37. The molecule has 2 aromatic carbocycles. The summed E-state index contributed by atoms with van der Waals surface area (Å²) in [5.74, 6) is 0. The van der Waals surface area contributed by atoms with E-state index in [-0.39, 0.29) is 0 Å². The Hall–Kier alpha value is -1.45. The molecule has 0 aliphatic rings. The van der Waals surface area contributed by atoms with Gasteiger partial charge in [-0.1, -0.05) is 53.0 Å². The van der Waals surface area contributed by atoms with E-state index in [1.165, 1.54) is 0 Å². The SMILES string of the molecule is O[C@@H](c1ccc(Cl)cc1Cl)c1c[nH]cc1-c1ccc(Cl)cc1. The van der Waals surface area contributed by atoms with Crippen LogP contribution < -0.4 is 0 Å². The Bertz CT molecular complexity index is 796. The van der Waals surface area contributed by atoms with E-state index in [1.807, 2.05) is 30.5 Å². The van der Waals surface area contributed by atoms with Crippen molar-refractivity contribution in [3.05, 3.63) is 81.1 Å². The van der Waals surface area contributed by atoms with Gasteiger partial charge in [0.25, 0.3) is 0 Å². The Morgan fingerprint density at radius 1 is 0.818 bits per heavy atom. The van der Waals surface area contributed by atoms with E-state index in [1.54, 1.807) is 24.4 Å². The van der Waals surface area contributed by atoms with Gasteiger partial charge in [0.05, 0.1) is 0 Å². The summed E-state index contributed by atoms with van der Waals surface area (Å²) in [4.78, 5) is 3.03. The molecule has 0 bridgehead atoms. The van der Waals surface area contributed by atoms with E-state index < -0.39 is 6.10 Å². The zero-order chi connectivity index (χ0) is 15.7. The minimum absolute atomic E-state index is 0.434. The van der Waals surface area contributed by atoms with Crippen molar-refractivity contribution in [1.29, 1.82) is 0 Å². The van der Waals surface area contributed by atoms with Crippen LogP contribution in [0.15, 0.2) is 54.9 Å². The molecule has 0 spiro atoms. The van der Waals surface area contributed by atoms with Crippen LogP contribution >= 0.6 is 34.8 Å². The van der Waals surface area contributed by atoms with Crippen molar-refractivity contribution in [1.82, 2.24) is 4.98 Å². The molecule has 2 N–H and O–H groups in total. The highest BCUT2D eigenvalue weighted by molar-refractivity contribution is 6.35. The lowest BCUT2D eigenvalue weighted by Gasteiger charge is -2.14. The summed E-state index contributed by atoms with van der Waals surface area (Å²) in [6.07, 6.45) is 2.76. The first-order chi connectivity index (χ1) is 10.6. The van der Waals surface area contributed by atoms with Crippen LogP contribution in [-0.2, 0) is 0 Å². The highest BCUT2D eigenvalue weighted by Crippen LogP contribution is 2.35. The summed E-state index contributed by atoms with van der Waals surface area (Å²) in [5, 5.41) is 12.3. The molecule has 0 radical (unpaired) electrons. The first-order valence-corrected chi connectivity index (χ1v) is 7.75. The number of hydrogen-bond acceptors (Lipinski definition) is 1. The van der Waals surface area contributed by atoms with Crippen molar-refractivity contribution in [3.8, 4) is 11.1 Å². The van der Waals surface area contributed by atoms with Crippen molar-refractivity contribution in [2.24, 2.45) is 0 Å². The molecule has 1 heterocycles. The summed E-state index contributed by atoms with van der Waals surface area (Å²) in [6, 6.07) is 12.5. The van der Waals surface area contributed by atoms with E-state index in [2.05, 4.69) is 4.98 Å². The number of nitrogens with one attached hydrogen (secondary N) is 1. The monoisotopic (exact) mass is 351 g/mol. The van der Waals surface area contributed by atoms with Gasteiger partial charge in [0.2, 0.25) is 0 Å². The van der Waals surface area contributed by atoms with Gasteiger partial charge in [0.15, 0.2) is 0 Å². The number of aromatic amines is 1. The number of rotatable bonds is 3. The van der Waals surface area contributed by atoms with Gasteiger partial charge in [0, 0.05) is 44.2 Å². The highest BCUT2D eigenvalue weighted by atomic mass is 35.5. The Morgan fingerprint density at radius 2 is 1.50 bits per heavy atom. The number of aliphatic hydroxyl groups excluding tert-OH is 1. The normalized spacial score (nSPS) is 12.4. The molecule has 112 valence electrons. The predicted molar refractivity (Wildman–Crippen MR) is 91.8 cm³/mol. The molecule has 3 rings (SSSR count). The molecule has 1 atom stereocenters. The van der Waals surface area contributed by atoms with Gasteiger partial charge in [-0.2, -0.15) is 0 Å². The molecule has 22 heavy (non-hydrogen) atoms. The molecule has 0 aliphatic carbocycles. The van der Waals surface area contributed by atoms with Crippen molar-refractivity contribution in [2.75, 3.05) is 0 Å². The van der Waals surface area contributed by atoms with Gasteiger partial charge in [-0.05, 0) is 29.8 Å². The van der Waals surface area contributed by atoms with E-state index in [0.717, 1.165) is 16.7 Å². The van der Waals surface area contributed by atoms with Crippen LogP contribution in [0.25, 0.3) is 11.1 Å². The van der Waals surface area contributed by atoms with Crippen LogP contribution in [0, 0.1) is 0 Å². The van der Waals surface area contributed by atoms with Gasteiger partial charge < -0.3 is 10.1 Å². The van der Waals surface area contributed by atoms with Crippen LogP contribution in [0.3, 0.4) is 0 Å². The minimum atomic E-state index is -0.846. The second-order valence-electron chi connectivity index (χ2n) is 4.90. The van der Waals surface area contributed by atoms with Crippen molar-refractivity contribution in [2.45, 2.75) is 6.10 Å². The molecule has 2 nitrogen and oxygen atoms in total. The van der Waals surface area contributed by atoms with Crippen LogP contribution in [-0.4, -0.2) is 10.1 Å². The number of H-pyrrole nitrogens is 1. The third-order valence-corrected chi connectivity index (χ3v) is 4.30. The smallest absolute Gasteiger partial charge is 0.108 e. The molecule has 0 amide bonds. The predicted octanol–water partition coefficient (Wildman–Crippen LogP) is 5.72. The van der Waals surface area contributed by atoms with Crippen LogP contribution in [0.1, 0.15) is 17.2 Å². The maximum absolute atomic E-state index is 10.7. The minimum Gasteiger partial charge on any atom is -0.384 e. The Morgan fingerprint density at radius 3 is 2.18 bits per heavy atom. The molecule has 0 unspecified atom stereocenters. The van der Waals surface area contributed by atoms with E-state index >= 15 is 0 Å². The number of hydrogen-bond donors (Lipinski definition) is 2. The van der Waals surface area contributed by atoms with E-state index in [9.17, 15) is 5.11 Å². The average Bonchev–Trinajstić information content (AvgIpc) is 2.97. The lowest BCUT2D eigenvalue weighted by Crippen LogP contribution is -2.00. The zero-order valence-electron chi connectivity index (χ0n) is 11.4. The molecule has 0 saturated carbocycles. The summed E-state index contributed by atoms with van der Waals surface area (Å²) >= 11 is 18.0. The van der Waals surface area contributed by atoms with Crippen LogP contribution in [0.2, 0.25) is 15.1 Å². The number of aliphatic hydroxyl groups is 1. The molecule has 1 aromatic heterocycles. The molecule has 5 heteroatoms. The lowest BCUT2D eigenvalue weighted by molar-refractivity contribution is 0.221. The van der Waals surface area contributed by atoms with Gasteiger partial charge in [0.1, 0.15) is 6.10 Å². The Labute approximate surface area is 143 Å². The topological polar surface area (TPSA) is 36.0 Å². The average molecular weight is 353 g/mol. The first kappa shape index (κ1) is 15.4. The number of benzene rings is 2. The third-order valence-electron chi connectivity index (χ3n) is 3.48. The van der Waals surface area contributed by atoms with E-state index in [0.29, 0.717) is 20.6 Å². The molecular formula is C17H12Cl3NO. The number of aromatic nitrogens is 1. The molecular weight excluding hydrogens is 341 g/mol. The Kier molecular flexibility index (Phi) is 4.46. The molecule has 3 aromatic rings. The van der Waals surface area contributed by atoms with Gasteiger partial charge >= 0.3 is 0 Å². The van der Waals surface area contributed by atoms with E-state index in [4.69, 9.17) is 34.8 Å². The van der Waals surface area contributed by atoms with Crippen molar-refractivity contribution < 1.29 is 5.11 Å². The second kappa shape index (κ2) is 6.35. The van der Waals surface area contributed by atoms with Gasteiger partial charge in [-0.3, -0.25) is 0 Å². The summed E-state index contributed by atoms with van der Waals surface area (Å²) in [7, 11) is 0. The van der Waals surface area contributed by atoms with Crippen molar-refractivity contribution >= 4 is 34.8 Å². The van der Waals surface area contributed by atoms with Crippen molar-refractivity contribution in [3.63, 3.8) is 0 Å². The highest BCUT2D eigenvalue weighted by Gasteiger charge is 2.19. The zero-order valence-corrected chi connectivity index (χ0v) is 13.6. The molecule has 0 fully saturated rings. The fraction of sp³-hybridized carbons (Fsp3) is 0.0588. The fourth-order valence-corrected chi connectivity index (χ4v) is 3.01.